The number of hydrogen-bond donors (Lipinski definition) is 2. The lowest BCUT2D eigenvalue weighted by molar-refractivity contribution is 0.262. The van der Waals surface area contributed by atoms with E-state index in [0.29, 0.717) is 18.0 Å². The van der Waals surface area contributed by atoms with Gasteiger partial charge in [-0.1, -0.05) is 17.7 Å². The maximum absolute atomic E-state index is 12.9. The number of piperazine rings is 1. The maximum Gasteiger partial charge on any atom is 0.241 e. The van der Waals surface area contributed by atoms with Crippen molar-refractivity contribution in [3.8, 4) is 10.6 Å². The molecule has 1 fully saturated rings. The molecule has 2 aromatic heterocycles. The Labute approximate surface area is 198 Å². The molecule has 3 aromatic rings. The first-order chi connectivity index (χ1) is 15.2. The number of aryl methyl sites for hydroxylation is 3. The Balaban J connectivity index is 1.31. The largest absolute Gasteiger partial charge is 0.369 e. The monoisotopic (exact) mass is 493 g/mol. The fourth-order valence-corrected chi connectivity index (χ4v) is 6.69. The van der Waals surface area contributed by atoms with E-state index in [-0.39, 0.29) is 0 Å². The lowest BCUT2D eigenvalue weighted by Crippen LogP contribution is -2.48. The third kappa shape index (κ3) is 5.18. The Kier molecular flexibility index (Phi) is 6.92. The second-order valence-electron chi connectivity index (χ2n) is 8.12. The van der Waals surface area contributed by atoms with Crippen LogP contribution in [-0.2, 0) is 10.0 Å². The minimum atomic E-state index is -3.57. The molecule has 1 aliphatic heterocycles. The number of H-pyrrole nitrogens is 1. The van der Waals surface area contributed by atoms with Crippen molar-refractivity contribution in [1.29, 1.82) is 0 Å². The van der Waals surface area contributed by atoms with Gasteiger partial charge in [-0.2, -0.15) is 5.10 Å². The molecule has 7 nitrogen and oxygen atoms in total. The third-order valence-corrected chi connectivity index (χ3v) is 8.75. The molecule has 0 aliphatic carbocycles. The van der Waals surface area contributed by atoms with Crippen molar-refractivity contribution in [1.82, 2.24) is 19.8 Å². The van der Waals surface area contributed by atoms with Gasteiger partial charge in [-0.15, -0.1) is 11.3 Å². The summed E-state index contributed by atoms with van der Waals surface area (Å²) in [5.74, 6) is 0. The maximum atomic E-state index is 12.9. The number of nitrogens with one attached hydrogen (secondary N) is 2. The van der Waals surface area contributed by atoms with Crippen LogP contribution >= 0.6 is 22.9 Å². The van der Waals surface area contributed by atoms with Crippen molar-refractivity contribution in [2.45, 2.75) is 25.7 Å². The first-order valence-corrected chi connectivity index (χ1v) is 13.3. The first-order valence-electron chi connectivity index (χ1n) is 10.6. The summed E-state index contributed by atoms with van der Waals surface area (Å²) in [6.45, 7) is 10.5. The van der Waals surface area contributed by atoms with Gasteiger partial charge in [-0.25, -0.2) is 13.1 Å². The third-order valence-electron chi connectivity index (χ3n) is 5.72. The molecule has 3 heterocycles. The summed E-state index contributed by atoms with van der Waals surface area (Å²) in [6, 6.07) is 9.60. The molecule has 2 N–H and O–H groups in total. The molecule has 1 saturated heterocycles. The molecule has 1 aliphatic rings. The van der Waals surface area contributed by atoms with Gasteiger partial charge in [0, 0.05) is 60.5 Å². The van der Waals surface area contributed by atoms with E-state index in [0.717, 1.165) is 52.3 Å². The molecule has 1 aromatic carbocycles. The lowest BCUT2D eigenvalue weighted by atomic mass is 10.1. The van der Waals surface area contributed by atoms with Crippen LogP contribution < -0.4 is 9.62 Å². The molecule has 32 heavy (non-hydrogen) atoms. The fourth-order valence-electron chi connectivity index (χ4n) is 3.95. The number of halogens is 1. The predicted octanol–water partition coefficient (Wildman–Crippen LogP) is 3.82. The predicted molar refractivity (Wildman–Crippen MR) is 131 cm³/mol. The number of nitrogens with zero attached hydrogens (tertiary/aromatic N) is 3. The number of sulfonamides is 1. The number of thiophene rings is 1. The summed E-state index contributed by atoms with van der Waals surface area (Å²) >= 11 is 7.61. The van der Waals surface area contributed by atoms with E-state index in [9.17, 15) is 8.42 Å². The number of hydrogen-bond acceptors (Lipinski definition) is 6. The van der Waals surface area contributed by atoms with E-state index < -0.39 is 10.0 Å². The topological polar surface area (TPSA) is 81.3 Å². The van der Waals surface area contributed by atoms with Gasteiger partial charge in [-0.3, -0.25) is 10.00 Å². The quantitative estimate of drug-likeness (QED) is 0.523. The summed E-state index contributed by atoms with van der Waals surface area (Å²) in [5.41, 5.74) is 4.10. The molecule has 0 spiro atoms. The van der Waals surface area contributed by atoms with Crippen molar-refractivity contribution in [3.05, 3.63) is 51.5 Å². The zero-order valence-corrected chi connectivity index (χ0v) is 20.9. The van der Waals surface area contributed by atoms with E-state index in [1.165, 1.54) is 22.6 Å². The average Bonchev–Trinajstić information content (AvgIpc) is 3.36. The summed E-state index contributed by atoms with van der Waals surface area (Å²) in [6.07, 6.45) is 0. The van der Waals surface area contributed by atoms with Crippen LogP contribution in [0.4, 0.5) is 5.69 Å². The second-order valence-corrected chi connectivity index (χ2v) is 11.6. The minimum Gasteiger partial charge on any atom is -0.369 e. The van der Waals surface area contributed by atoms with Crippen LogP contribution in [0.2, 0.25) is 5.02 Å². The summed E-state index contributed by atoms with van der Waals surface area (Å²) in [7, 11) is -3.57. The number of aromatic nitrogens is 2. The minimum absolute atomic E-state index is 0.333. The van der Waals surface area contributed by atoms with Gasteiger partial charge >= 0.3 is 0 Å². The molecular weight excluding hydrogens is 466 g/mol. The normalized spacial score (nSPS) is 15.4. The number of aromatic amines is 1. The SMILES string of the molecule is Cc1cc(-c2cc(S(=O)(=O)NCCN3CCN(c4cc(Cl)ccc4C)CC3)c(C)s2)n[nH]1. The highest BCUT2D eigenvalue weighted by atomic mass is 35.5. The van der Waals surface area contributed by atoms with E-state index in [4.69, 9.17) is 11.6 Å². The van der Waals surface area contributed by atoms with Crippen molar-refractivity contribution in [2.75, 3.05) is 44.2 Å². The number of rotatable bonds is 7. The number of benzene rings is 1. The molecule has 4 rings (SSSR count). The highest BCUT2D eigenvalue weighted by molar-refractivity contribution is 7.89. The van der Waals surface area contributed by atoms with Crippen molar-refractivity contribution in [2.24, 2.45) is 0 Å². The van der Waals surface area contributed by atoms with Crippen LogP contribution in [0.15, 0.2) is 35.2 Å². The van der Waals surface area contributed by atoms with Gasteiger partial charge in [0.1, 0.15) is 5.69 Å². The Hall–Kier alpha value is -1.91. The molecule has 0 atom stereocenters. The molecule has 0 radical (unpaired) electrons. The standard InChI is InChI=1S/C22H28ClN5O2S2/c1-15-4-5-18(23)13-20(15)28-10-8-27(9-11-28)7-6-24-32(29,30)22-14-21(31-17(22)3)19-12-16(2)25-26-19/h4-5,12-14,24H,6-11H2,1-3H3,(H,25,26). The van der Waals surface area contributed by atoms with Crippen LogP contribution in [0.5, 0.6) is 0 Å². The lowest BCUT2D eigenvalue weighted by Gasteiger charge is -2.36. The summed E-state index contributed by atoms with van der Waals surface area (Å²) in [5, 5.41) is 7.88. The van der Waals surface area contributed by atoms with Gasteiger partial charge in [0.25, 0.3) is 0 Å². The molecule has 0 amide bonds. The van der Waals surface area contributed by atoms with Crippen LogP contribution in [0.3, 0.4) is 0 Å². The Morgan fingerprint density at radius 3 is 2.56 bits per heavy atom. The Morgan fingerprint density at radius 2 is 1.88 bits per heavy atom. The molecule has 0 unspecified atom stereocenters. The zero-order valence-electron chi connectivity index (χ0n) is 18.5. The second kappa shape index (κ2) is 9.52. The molecule has 10 heteroatoms. The van der Waals surface area contributed by atoms with Crippen LogP contribution in [0.1, 0.15) is 16.1 Å². The van der Waals surface area contributed by atoms with Gasteiger partial charge in [0.15, 0.2) is 0 Å². The Morgan fingerprint density at radius 1 is 1.12 bits per heavy atom. The van der Waals surface area contributed by atoms with Crippen molar-refractivity contribution < 1.29 is 8.42 Å². The molecule has 172 valence electrons. The van der Waals surface area contributed by atoms with Crippen LogP contribution in [0, 0.1) is 20.8 Å². The van der Waals surface area contributed by atoms with E-state index >= 15 is 0 Å². The van der Waals surface area contributed by atoms with Crippen LogP contribution in [-0.4, -0.2) is 62.8 Å². The molecule has 0 saturated carbocycles. The first kappa shape index (κ1) is 23.3. The van der Waals surface area contributed by atoms with E-state index in [2.05, 4.69) is 31.6 Å². The summed E-state index contributed by atoms with van der Waals surface area (Å²) in [4.78, 5) is 6.57. The highest BCUT2D eigenvalue weighted by Gasteiger charge is 2.23. The van der Waals surface area contributed by atoms with E-state index in [1.807, 2.05) is 38.1 Å². The average molecular weight is 494 g/mol. The van der Waals surface area contributed by atoms with Gasteiger partial charge in [-0.05, 0) is 50.6 Å². The van der Waals surface area contributed by atoms with Gasteiger partial charge < -0.3 is 4.90 Å². The van der Waals surface area contributed by atoms with E-state index in [1.54, 1.807) is 6.07 Å². The zero-order chi connectivity index (χ0) is 22.9. The van der Waals surface area contributed by atoms with Crippen LogP contribution in [0.25, 0.3) is 10.6 Å². The highest BCUT2D eigenvalue weighted by Crippen LogP contribution is 2.32. The fraction of sp³-hybridized carbons (Fsp3) is 0.409. The number of anilines is 1. The van der Waals surface area contributed by atoms with Gasteiger partial charge in [0.2, 0.25) is 10.0 Å². The molecule has 0 bridgehead atoms. The molecular formula is C22H28ClN5O2S2. The van der Waals surface area contributed by atoms with Crippen molar-refractivity contribution in [3.63, 3.8) is 0 Å². The smallest absolute Gasteiger partial charge is 0.241 e. The van der Waals surface area contributed by atoms with Gasteiger partial charge in [0.05, 0.1) is 9.77 Å². The Bertz CT molecular complexity index is 1200. The van der Waals surface area contributed by atoms with Crippen molar-refractivity contribution >= 4 is 38.6 Å². The summed E-state index contributed by atoms with van der Waals surface area (Å²) < 4.78 is 28.5.